The van der Waals surface area contributed by atoms with Gasteiger partial charge in [0.1, 0.15) is 0 Å². The van der Waals surface area contributed by atoms with Crippen LogP contribution in [0.2, 0.25) is 5.02 Å². The molecule has 6 rings (SSSR count). The van der Waals surface area contributed by atoms with Crippen LogP contribution in [0.5, 0.6) is 0 Å². The molecule has 0 bridgehead atoms. The van der Waals surface area contributed by atoms with E-state index in [-0.39, 0.29) is 10.9 Å². The quantitative estimate of drug-likeness (QED) is 0.208. The maximum absolute atomic E-state index is 13.6. The fourth-order valence-electron chi connectivity index (χ4n) is 5.53. The van der Waals surface area contributed by atoms with Crippen molar-refractivity contribution in [1.29, 1.82) is 0 Å². The number of para-hydroxylation sites is 1. The number of nitrogens with zero attached hydrogens (tertiary/aromatic N) is 4. The summed E-state index contributed by atoms with van der Waals surface area (Å²) in [5.74, 6) is 0.448. The summed E-state index contributed by atoms with van der Waals surface area (Å²) in [6.07, 6.45) is 4.91. The second kappa shape index (κ2) is 11.2. The van der Waals surface area contributed by atoms with Crippen LogP contribution in [-0.4, -0.2) is 46.4 Å². The number of anilines is 2. The van der Waals surface area contributed by atoms with E-state index in [1.165, 1.54) is 3.97 Å². The molecule has 10 heteroatoms. The summed E-state index contributed by atoms with van der Waals surface area (Å²) in [6, 6.07) is 21.8. The minimum atomic E-state index is -3.84. The van der Waals surface area contributed by atoms with Gasteiger partial charge in [0, 0.05) is 53.2 Å². The van der Waals surface area contributed by atoms with Crippen LogP contribution >= 0.6 is 11.6 Å². The van der Waals surface area contributed by atoms with Crippen LogP contribution in [0, 0.1) is 6.92 Å². The van der Waals surface area contributed by atoms with Gasteiger partial charge in [-0.15, -0.1) is 0 Å². The van der Waals surface area contributed by atoms with Crippen LogP contribution < -0.4 is 11.1 Å². The van der Waals surface area contributed by atoms with Gasteiger partial charge in [-0.2, -0.15) is 0 Å². The molecule has 0 saturated carbocycles. The van der Waals surface area contributed by atoms with Crippen molar-refractivity contribution < 1.29 is 8.42 Å². The molecule has 8 nitrogen and oxygen atoms in total. The highest BCUT2D eigenvalue weighted by Crippen LogP contribution is 2.36. The third-order valence-electron chi connectivity index (χ3n) is 7.75. The van der Waals surface area contributed by atoms with Gasteiger partial charge in [0.15, 0.2) is 0 Å². The van der Waals surface area contributed by atoms with Crippen LogP contribution in [0.3, 0.4) is 0 Å². The van der Waals surface area contributed by atoms with E-state index in [1.807, 2.05) is 36.4 Å². The van der Waals surface area contributed by atoms with Crippen LogP contribution in [0.15, 0.2) is 96.7 Å². The minimum absolute atomic E-state index is 0.162. The van der Waals surface area contributed by atoms with Crippen molar-refractivity contribution in [2.24, 2.45) is 0 Å². The van der Waals surface area contributed by atoms with Crippen LogP contribution in [0.1, 0.15) is 24.0 Å². The largest absolute Gasteiger partial charge is 0.399 e. The summed E-state index contributed by atoms with van der Waals surface area (Å²) in [4.78, 5) is 11.7. The fourth-order valence-corrected chi connectivity index (χ4v) is 7.11. The van der Waals surface area contributed by atoms with Gasteiger partial charge >= 0.3 is 0 Å². The molecule has 42 heavy (non-hydrogen) atoms. The number of aromatic nitrogens is 3. The molecule has 3 heterocycles. The molecular formula is C32H31ClN6O2S. The van der Waals surface area contributed by atoms with Crippen molar-refractivity contribution in [3.8, 4) is 11.3 Å². The third-order valence-corrected chi connectivity index (χ3v) is 9.71. The van der Waals surface area contributed by atoms with Crippen molar-refractivity contribution in [3.05, 3.63) is 108 Å². The van der Waals surface area contributed by atoms with Gasteiger partial charge in [0.25, 0.3) is 10.0 Å². The number of nitrogens with one attached hydrogen (secondary N) is 1. The summed E-state index contributed by atoms with van der Waals surface area (Å²) in [5.41, 5.74) is 11.5. The van der Waals surface area contributed by atoms with E-state index in [9.17, 15) is 8.42 Å². The number of fused-ring (bicyclic) bond motifs is 1. The summed E-state index contributed by atoms with van der Waals surface area (Å²) >= 11 is 6.61. The topological polar surface area (TPSA) is 106 Å². The van der Waals surface area contributed by atoms with E-state index in [1.54, 1.807) is 48.8 Å². The lowest BCUT2D eigenvalue weighted by Gasteiger charge is -2.35. The lowest BCUT2D eigenvalue weighted by molar-refractivity contribution is 0.309. The Labute approximate surface area is 250 Å². The molecule has 3 aromatic carbocycles. The Balaban J connectivity index is 1.24. The summed E-state index contributed by atoms with van der Waals surface area (Å²) in [6.45, 7) is 8.08. The zero-order chi connectivity index (χ0) is 29.4. The number of nitrogens with two attached hydrogens (primary N) is 1. The van der Waals surface area contributed by atoms with E-state index in [4.69, 9.17) is 22.3 Å². The van der Waals surface area contributed by atoms with Crippen LogP contribution in [0.25, 0.3) is 27.9 Å². The first-order chi connectivity index (χ1) is 20.2. The van der Waals surface area contributed by atoms with E-state index in [0.717, 1.165) is 53.8 Å². The SMILES string of the molecule is C=C(c1ccc(N)cc1C)N1CCC(Nc2ncc(Cl)c(-c3cn(S(=O)(=O)c4ccccc4)c4ccccc34)n2)CC1. The Kier molecular flexibility index (Phi) is 7.38. The summed E-state index contributed by atoms with van der Waals surface area (Å²) < 4.78 is 28.4. The van der Waals surface area contributed by atoms with Gasteiger partial charge in [-0.3, -0.25) is 0 Å². The molecule has 0 aliphatic carbocycles. The number of nitrogen functional groups attached to an aromatic ring is 1. The third kappa shape index (κ3) is 5.21. The Bertz CT molecular complexity index is 1900. The van der Waals surface area contributed by atoms with Crippen LogP contribution in [-0.2, 0) is 10.0 Å². The molecular weight excluding hydrogens is 568 g/mol. The summed E-state index contributed by atoms with van der Waals surface area (Å²) in [7, 11) is -3.84. The normalized spacial score (nSPS) is 14.3. The zero-order valence-corrected chi connectivity index (χ0v) is 24.7. The smallest absolute Gasteiger partial charge is 0.268 e. The van der Waals surface area contributed by atoms with Crippen molar-refractivity contribution in [1.82, 2.24) is 18.8 Å². The average molecular weight is 599 g/mol. The molecule has 1 saturated heterocycles. The maximum Gasteiger partial charge on any atom is 0.268 e. The average Bonchev–Trinajstić information content (AvgIpc) is 3.39. The first-order valence-corrected chi connectivity index (χ1v) is 15.5. The van der Waals surface area contributed by atoms with E-state index in [0.29, 0.717) is 27.7 Å². The molecule has 3 N–H and O–H groups in total. The lowest BCUT2D eigenvalue weighted by atomic mass is 10.0. The van der Waals surface area contributed by atoms with Crippen molar-refractivity contribution in [3.63, 3.8) is 0 Å². The minimum Gasteiger partial charge on any atom is -0.399 e. The van der Waals surface area contributed by atoms with Gasteiger partial charge in [-0.05, 0) is 55.7 Å². The van der Waals surface area contributed by atoms with Crippen molar-refractivity contribution in [2.45, 2.75) is 30.7 Å². The second-order valence-electron chi connectivity index (χ2n) is 10.5. The molecule has 0 radical (unpaired) electrons. The molecule has 1 fully saturated rings. The molecule has 2 aromatic heterocycles. The first-order valence-electron chi connectivity index (χ1n) is 13.7. The number of likely N-dealkylation sites (tertiary alicyclic amines) is 1. The van der Waals surface area contributed by atoms with Gasteiger partial charge in [0.05, 0.1) is 27.3 Å². The van der Waals surface area contributed by atoms with Crippen LogP contribution in [0.4, 0.5) is 11.6 Å². The molecule has 1 aliphatic rings. The van der Waals surface area contributed by atoms with Crippen molar-refractivity contribution in [2.75, 3.05) is 24.1 Å². The Morgan fingerprint density at radius 1 is 1.05 bits per heavy atom. The number of hydrogen-bond donors (Lipinski definition) is 2. The maximum atomic E-state index is 13.6. The molecule has 0 spiro atoms. The van der Waals surface area contributed by atoms with Gasteiger partial charge in [-0.25, -0.2) is 22.4 Å². The number of piperidine rings is 1. The highest BCUT2D eigenvalue weighted by atomic mass is 35.5. The van der Waals surface area contributed by atoms with Gasteiger partial charge in [0.2, 0.25) is 5.95 Å². The van der Waals surface area contributed by atoms with Gasteiger partial charge < -0.3 is 16.0 Å². The molecule has 1 aliphatic heterocycles. The summed E-state index contributed by atoms with van der Waals surface area (Å²) in [5, 5.41) is 4.54. The highest BCUT2D eigenvalue weighted by Gasteiger charge is 2.25. The number of aryl methyl sites for hydroxylation is 1. The Hall–Kier alpha value is -4.34. The number of halogens is 1. The predicted molar refractivity (Wildman–Crippen MR) is 170 cm³/mol. The molecule has 0 amide bonds. The standard InChI is InChI=1S/C32H31ClN6O2S/c1-21-18-23(34)12-13-26(21)22(2)38-16-14-24(15-17-38)36-32-35-19-29(33)31(37-32)28-20-39(30-11-7-6-10-27(28)30)42(40,41)25-8-4-3-5-9-25/h3-13,18-20,24H,2,14-17,34H2,1H3,(H,35,36,37). The Morgan fingerprint density at radius 2 is 1.76 bits per heavy atom. The van der Waals surface area contributed by atoms with E-state index in [2.05, 4.69) is 28.7 Å². The predicted octanol–water partition coefficient (Wildman–Crippen LogP) is 6.43. The fraction of sp³-hybridized carbons (Fsp3) is 0.188. The van der Waals surface area contributed by atoms with E-state index < -0.39 is 10.0 Å². The molecule has 0 unspecified atom stereocenters. The van der Waals surface area contributed by atoms with Gasteiger partial charge in [-0.1, -0.05) is 60.6 Å². The van der Waals surface area contributed by atoms with E-state index >= 15 is 0 Å². The molecule has 214 valence electrons. The zero-order valence-electron chi connectivity index (χ0n) is 23.2. The monoisotopic (exact) mass is 598 g/mol. The number of hydrogen-bond acceptors (Lipinski definition) is 7. The highest BCUT2D eigenvalue weighted by molar-refractivity contribution is 7.90. The lowest BCUT2D eigenvalue weighted by Crippen LogP contribution is -2.38. The molecule has 0 atom stereocenters. The first kappa shape index (κ1) is 27.8. The molecule has 5 aromatic rings. The Morgan fingerprint density at radius 3 is 2.50 bits per heavy atom. The van der Waals surface area contributed by atoms with Crippen molar-refractivity contribution >= 4 is 49.9 Å². The second-order valence-corrected chi connectivity index (χ2v) is 12.7. The number of rotatable bonds is 7. The number of benzene rings is 3.